The van der Waals surface area contributed by atoms with E-state index in [0.29, 0.717) is 0 Å². The summed E-state index contributed by atoms with van der Waals surface area (Å²) in [5.74, 6) is 0.750. The molecule has 1 rings (SSSR count). The van der Waals surface area contributed by atoms with Crippen LogP contribution < -0.4 is 5.32 Å². The van der Waals surface area contributed by atoms with Crippen molar-refractivity contribution in [1.29, 1.82) is 0 Å². The van der Waals surface area contributed by atoms with Crippen molar-refractivity contribution in [2.45, 2.75) is 20.8 Å². The Hall–Kier alpha value is -1.35. The summed E-state index contributed by atoms with van der Waals surface area (Å²) in [7, 11) is 1.83. The molecule has 2 nitrogen and oxygen atoms in total. The second-order valence-electron chi connectivity index (χ2n) is 3.98. The number of allylic oxidation sites excluding steroid dienone is 1. The van der Waals surface area contributed by atoms with Crippen LogP contribution in [-0.2, 0) is 0 Å². The van der Waals surface area contributed by atoms with Crippen LogP contribution in [0.5, 0.6) is 0 Å². The summed E-state index contributed by atoms with van der Waals surface area (Å²) < 4.78 is 1.75. The van der Waals surface area contributed by atoms with E-state index in [-0.39, 0.29) is 0 Å². The maximum absolute atomic E-state index is 4.45. The molecule has 0 aromatic heterocycles. The largest absolute Gasteiger partial charge is 0.374 e. The lowest BCUT2D eigenvalue weighted by atomic mass is 10.0. The zero-order valence-corrected chi connectivity index (χ0v) is 11.8. The number of nitrogens with zero attached hydrogens (tertiary/aromatic N) is 1. The zero-order valence-electron chi connectivity index (χ0n) is 10.9. The van der Waals surface area contributed by atoms with E-state index >= 15 is 0 Å². The van der Waals surface area contributed by atoms with E-state index < -0.39 is 0 Å². The predicted octanol–water partition coefficient (Wildman–Crippen LogP) is 3.50. The van der Waals surface area contributed by atoms with E-state index in [4.69, 9.17) is 0 Å². The Morgan fingerprint density at radius 2 is 2.00 bits per heavy atom. The van der Waals surface area contributed by atoms with E-state index in [1.165, 1.54) is 11.1 Å². The number of hydrogen-bond donors (Lipinski definition) is 2. The SMILES string of the molecule is C=C(NC)N(S)/C(=C\C)c1ccc(C)c(C)c1. The molecule has 0 atom stereocenters. The molecule has 0 bridgehead atoms. The molecule has 17 heavy (non-hydrogen) atoms. The van der Waals surface area contributed by atoms with Gasteiger partial charge in [-0.25, -0.2) is 0 Å². The number of hydrogen-bond acceptors (Lipinski definition) is 3. The molecule has 1 aromatic rings. The molecule has 0 aliphatic heterocycles. The third-order valence-electron chi connectivity index (χ3n) is 2.85. The van der Waals surface area contributed by atoms with Gasteiger partial charge in [0, 0.05) is 7.05 Å². The smallest absolute Gasteiger partial charge is 0.108 e. The van der Waals surface area contributed by atoms with Crippen LogP contribution in [0.2, 0.25) is 0 Å². The minimum atomic E-state index is 0.750. The van der Waals surface area contributed by atoms with Gasteiger partial charge in [0.2, 0.25) is 0 Å². The molecule has 0 heterocycles. The second kappa shape index (κ2) is 5.82. The summed E-state index contributed by atoms with van der Waals surface area (Å²) >= 11 is 4.45. The molecule has 0 saturated heterocycles. The van der Waals surface area contributed by atoms with Gasteiger partial charge in [0.25, 0.3) is 0 Å². The van der Waals surface area contributed by atoms with Crippen molar-refractivity contribution in [2.75, 3.05) is 7.05 Å². The second-order valence-corrected chi connectivity index (χ2v) is 4.38. The molecule has 0 saturated carbocycles. The van der Waals surface area contributed by atoms with Gasteiger partial charge >= 0.3 is 0 Å². The Kier molecular flexibility index (Phi) is 4.70. The summed E-state index contributed by atoms with van der Waals surface area (Å²) in [6.07, 6.45) is 2.03. The van der Waals surface area contributed by atoms with Gasteiger partial charge in [-0.2, -0.15) is 0 Å². The maximum Gasteiger partial charge on any atom is 0.108 e. The lowest BCUT2D eigenvalue weighted by Gasteiger charge is -2.23. The van der Waals surface area contributed by atoms with Gasteiger partial charge in [-0.15, -0.1) is 0 Å². The first-order chi connectivity index (χ1) is 8.01. The highest BCUT2D eigenvalue weighted by atomic mass is 32.1. The third kappa shape index (κ3) is 3.07. The molecule has 3 heteroatoms. The summed E-state index contributed by atoms with van der Waals surface area (Å²) in [4.78, 5) is 0. The summed E-state index contributed by atoms with van der Waals surface area (Å²) in [5.41, 5.74) is 4.73. The molecule has 0 fully saturated rings. The molecular formula is C14H20N2S. The average Bonchev–Trinajstić information content (AvgIpc) is 2.33. The molecule has 0 unspecified atom stereocenters. The van der Waals surface area contributed by atoms with Crippen molar-refractivity contribution in [1.82, 2.24) is 9.62 Å². The molecule has 92 valence electrons. The van der Waals surface area contributed by atoms with Crippen molar-refractivity contribution in [2.24, 2.45) is 0 Å². The Balaban J connectivity index is 3.11. The normalized spacial score (nSPS) is 11.2. The zero-order chi connectivity index (χ0) is 13.0. The standard InChI is InChI=1S/C14H20N2S/c1-6-14(16(17)12(4)15-5)13-8-7-10(2)11(3)9-13/h6-9,15,17H,4H2,1-3,5H3/b14-6-. The van der Waals surface area contributed by atoms with Crippen LogP contribution in [0, 0.1) is 13.8 Å². The van der Waals surface area contributed by atoms with Gasteiger partial charge in [-0.1, -0.05) is 37.6 Å². The molecule has 0 aliphatic rings. The molecule has 1 N–H and O–H groups in total. The summed E-state index contributed by atoms with van der Waals surface area (Å²) in [6, 6.07) is 6.39. The van der Waals surface area contributed by atoms with Crippen LogP contribution in [0.4, 0.5) is 0 Å². The predicted molar refractivity (Wildman–Crippen MR) is 78.6 cm³/mol. The van der Waals surface area contributed by atoms with E-state index in [2.05, 4.69) is 56.8 Å². The average molecular weight is 248 g/mol. The highest BCUT2D eigenvalue weighted by Gasteiger charge is 2.10. The highest BCUT2D eigenvalue weighted by molar-refractivity contribution is 7.78. The Morgan fingerprint density at radius 1 is 1.35 bits per heavy atom. The van der Waals surface area contributed by atoms with Crippen LogP contribution in [-0.4, -0.2) is 11.4 Å². The van der Waals surface area contributed by atoms with Crippen molar-refractivity contribution in [3.8, 4) is 0 Å². The van der Waals surface area contributed by atoms with Crippen LogP contribution >= 0.6 is 12.8 Å². The topological polar surface area (TPSA) is 15.3 Å². The van der Waals surface area contributed by atoms with Crippen LogP contribution in [0.1, 0.15) is 23.6 Å². The van der Waals surface area contributed by atoms with E-state index in [1.54, 1.807) is 4.31 Å². The van der Waals surface area contributed by atoms with Gasteiger partial charge in [-0.05, 0) is 43.5 Å². The molecule has 1 aromatic carbocycles. The Bertz CT molecular complexity index is 450. The Labute approximate surface area is 110 Å². The third-order valence-corrected chi connectivity index (χ3v) is 3.31. The van der Waals surface area contributed by atoms with Crippen LogP contribution in [0.3, 0.4) is 0 Å². The van der Waals surface area contributed by atoms with E-state index in [9.17, 15) is 0 Å². The number of aryl methyl sites for hydroxylation is 2. The summed E-state index contributed by atoms with van der Waals surface area (Å²) in [6.45, 7) is 10.1. The fourth-order valence-corrected chi connectivity index (χ4v) is 1.89. The fourth-order valence-electron chi connectivity index (χ4n) is 1.56. The molecule has 0 radical (unpaired) electrons. The number of nitrogens with one attached hydrogen (secondary N) is 1. The van der Waals surface area contributed by atoms with Crippen LogP contribution in [0.25, 0.3) is 5.70 Å². The first-order valence-corrected chi connectivity index (χ1v) is 6.00. The van der Waals surface area contributed by atoms with Crippen molar-refractivity contribution in [3.63, 3.8) is 0 Å². The van der Waals surface area contributed by atoms with E-state index in [0.717, 1.165) is 17.1 Å². The van der Waals surface area contributed by atoms with E-state index in [1.807, 2.05) is 20.0 Å². The van der Waals surface area contributed by atoms with Crippen LogP contribution in [0.15, 0.2) is 36.7 Å². The fraction of sp³-hybridized carbons (Fsp3) is 0.286. The van der Waals surface area contributed by atoms with Crippen molar-refractivity contribution < 1.29 is 0 Å². The highest BCUT2D eigenvalue weighted by Crippen LogP contribution is 2.25. The lowest BCUT2D eigenvalue weighted by molar-refractivity contribution is 0.718. The number of benzene rings is 1. The van der Waals surface area contributed by atoms with Gasteiger partial charge in [0.05, 0.1) is 5.70 Å². The van der Waals surface area contributed by atoms with Gasteiger partial charge < -0.3 is 5.32 Å². The van der Waals surface area contributed by atoms with Gasteiger partial charge in [-0.3, -0.25) is 4.31 Å². The molecular weight excluding hydrogens is 228 g/mol. The van der Waals surface area contributed by atoms with Gasteiger partial charge in [0.1, 0.15) is 5.82 Å². The first kappa shape index (κ1) is 13.7. The minimum Gasteiger partial charge on any atom is -0.374 e. The monoisotopic (exact) mass is 248 g/mol. The minimum absolute atomic E-state index is 0.750. The quantitative estimate of drug-likeness (QED) is 0.793. The first-order valence-electron chi connectivity index (χ1n) is 5.60. The maximum atomic E-state index is 4.45. The van der Waals surface area contributed by atoms with Crippen molar-refractivity contribution >= 4 is 18.5 Å². The Morgan fingerprint density at radius 3 is 2.47 bits per heavy atom. The van der Waals surface area contributed by atoms with Gasteiger partial charge in [0.15, 0.2) is 0 Å². The summed E-state index contributed by atoms with van der Waals surface area (Å²) in [5, 5.41) is 2.99. The molecule has 0 aliphatic carbocycles. The number of thiol groups is 1. The number of rotatable bonds is 4. The molecule has 0 spiro atoms. The lowest BCUT2D eigenvalue weighted by Crippen LogP contribution is -2.19. The molecule has 0 amide bonds. The van der Waals surface area contributed by atoms with Crippen molar-refractivity contribution in [3.05, 3.63) is 53.4 Å².